The first-order valence-corrected chi connectivity index (χ1v) is 19.3. The SMILES string of the molecule is CC[C@H](C)[C@H](NC(=O)OCc1ccccc1)C(=O)Nc1ccc2c(ccn2CCC(C)(C)NC[C@H](O)c2cccc(NS(=O)(=O)c3ccccc3)c2)c1. The van der Waals surface area contributed by atoms with Crippen LogP contribution in [0.15, 0.2) is 120 Å². The number of aromatic nitrogens is 1. The molecule has 4 aromatic carbocycles. The number of aryl methyl sites for hydroxylation is 1. The summed E-state index contributed by atoms with van der Waals surface area (Å²) < 4.78 is 35.7. The number of carbonyl (C=O) groups is 2. The van der Waals surface area contributed by atoms with Crippen molar-refractivity contribution in [3.8, 4) is 0 Å². The van der Waals surface area contributed by atoms with Crippen LogP contribution in [0.25, 0.3) is 10.9 Å². The molecular formula is C41H49N5O6S. The summed E-state index contributed by atoms with van der Waals surface area (Å²) in [5.74, 6) is -0.432. The standard InChI is InChI=1S/C41H49N5O6S/c1-5-29(2)38(44-40(49)52-28-30-13-8-6-9-14-30)39(48)43-33-19-20-36-31(25-33)21-23-46(36)24-22-41(3,4)42-27-37(47)32-15-12-16-34(26-32)45-53(50,51)35-17-10-7-11-18-35/h6-21,23,25-26,29,37-38,42,45,47H,5,22,24,27-28H2,1-4H3,(H,43,48)(H,44,49)/t29-,37-,38-/m0/s1. The lowest BCUT2D eigenvalue weighted by Crippen LogP contribution is -2.47. The second kappa shape index (κ2) is 17.6. The molecule has 0 aliphatic rings. The number of amides is 2. The summed E-state index contributed by atoms with van der Waals surface area (Å²) in [6.45, 7) is 9.12. The van der Waals surface area contributed by atoms with E-state index in [9.17, 15) is 23.1 Å². The zero-order valence-corrected chi connectivity index (χ0v) is 31.4. The van der Waals surface area contributed by atoms with Crippen LogP contribution in [0.2, 0.25) is 0 Å². The number of anilines is 2. The number of sulfonamides is 1. The minimum absolute atomic E-state index is 0.114. The van der Waals surface area contributed by atoms with Crippen molar-refractivity contribution >= 4 is 44.3 Å². The van der Waals surface area contributed by atoms with E-state index >= 15 is 0 Å². The number of ether oxygens (including phenoxy) is 1. The third-order valence-corrected chi connectivity index (χ3v) is 10.7. The molecule has 0 bridgehead atoms. The number of hydrogen-bond donors (Lipinski definition) is 5. The monoisotopic (exact) mass is 739 g/mol. The Morgan fingerprint density at radius 2 is 1.60 bits per heavy atom. The number of nitrogens with one attached hydrogen (secondary N) is 4. The average Bonchev–Trinajstić information content (AvgIpc) is 3.57. The van der Waals surface area contributed by atoms with Crippen molar-refractivity contribution in [1.82, 2.24) is 15.2 Å². The lowest BCUT2D eigenvalue weighted by Gasteiger charge is -2.28. The first-order chi connectivity index (χ1) is 25.3. The van der Waals surface area contributed by atoms with Crippen molar-refractivity contribution in [2.24, 2.45) is 5.92 Å². The van der Waals surface area contributed by atoms with E-state index in [4.69, 9.17) is 4.74 Å². The van der Waals surface area contributed by atoms with Crippen molar-refractivity contribution in [3.05, 3.63) is 127 Å². The maximum absolute atomic E-state index is 13.4. The number of aliphatic hydroxyl groups excluding tert-OH is 1. The van der Waals surface area contributed by atoms with Gasteiger partial charge in [0.25, 0.3) is 10.0 Å². The van der Waals surface area contributed by atoms with E-state index in [1.165, 1.54) is 12.1 Å². The van der Waals surface area contributed by atoms with Crippen LogP contribution in [0.4, 0.5) is 16.2 Å². The zero-order chi connectivity index (χ0) is 38.0. The molecule has 280 valence electrons. The van der Waals surface area contributed by atoms with Gasteiger partial charge in [-0.2, -0.15) is 0 Å². The maximum Gasteiger partial charge on any atom is 0.408 e. The van der Waals surface area contributed by atoms with E-state index in [-0.39, 0.29) is 35.4 Å². The van der Waals surface area contributed by atoms with Crippen molar-refractivity contribution < 1.29 is 27.9 Å². The number of alkyl carbamates (subject to hydrolysis) is 1. The number of nitrogens with zero attached hydrogens (tertiary/aromatic N) is 1. The minimum atomic E-state index is -3.75. The summed E-state index contributed by atoms with van der Waals surface area (Å²) in [5.41, 5.74) is 3.13. The lowest BCUT2D eigenvalue weighted by atomic mass is 9.98. The summed E-state index contributed by atoms with van der Waals surface area (Å²) >= 11 is 0. The van der Waals surface area contributed by atoms with Crippen LogP contribution in [0.5, 0.6) is 0 Å². The fourth-order valence-electron chi connectivity index (χ4n) is 5.89. The van der Waals surface area contributed by atoms with Crippen LogP contribution < -0.4 is 20.7 Å². The van der Waals surface area contributed by atoms with Crippen LogP contribution in [0.1, 0.15) is 57.8 Å². The number of carbonyl (C=O) groups excluding carboxylic acids is 2. The highest BCUT2D eigenvalue weighted by molar-refractivity contribution is 7.92. The highest BCUT2D eigenvalue weighted by Gasteiger charge is 2.27. The summed E-state index contributed by atoms with van der Waals surface area (Å²) in [4.78, 5) is 26.1. The number of hydrogen-bond acceptors (Lipinski definition) is 7. The zero-order valence-electron chi connectivity index (χ0n) is 30.6. The summed E-state index contributed by atoms with van der Waals surface area (Å²) in [5, 5.41) is 21.1. The third-order valence-electron chi connectivity index (χ3n) is 9.35. The predicted molar refractivity (Wildman–Crippen MR) is 209 cm³/mol. The summed E-state index contributed by atoms with van der Waals surface area (Å²) in [7, 11) is -3.75. The Morgan fingerprint density at radius 1 is 0.887 bits per heavy atom. The second-order valence-electron chi connectivity index (χ2n) is 13.9. The molecule has 0 aliphatic carbocycles. The fraction of sp³-hybridized carbons (Fsp3) is 0.317. The van der Waals surface area contributed by atoms with Gasteiger partial charge in [-0.25, -0.2) is 13.2 Å². The topological polar surface area (TPSA) is 151 Å². The van der Waals surface area contributed by atoms with E-state index in [0.29, 0.717) is 29.9 Å². The number of fused-ring (bicyclic) bond motifs is 1. The largest absolute Gasteiger partial charge is 0.445 e. The highest BCUT2D eigenvalue weighted by atomic mass is 32.2. The van der Waals surface area contributed by atoms with Crippen molar-refractivity contribution in [1.29, 1.82) is 0 Å². The van der Waals surface area contributed by atoms with Crippen molar-refractivity contribution in [2.75, 3.05) is 16.6 Å². The van der Waals surface area contributed by atoms with E-state index < -0.39 is 28.3 Å². The molecule has 53 heavy (non-hydrogen) atoms. The van der Waals surface area contributed by atoms with Gasteiger partial charge in [-0.05, 0) is 85.8 Å². The first kappa shape index (κ1) is 39.0. The molecule has 11 nitrogen and oxygen atoms in total. The van der Waals surface area contributed by atoms with Gasteiger partial charge in [0.05, 0.1) is 11.0 Å². The molecule has 2 amide bonds. The van der Waals surface area contributed by atoms with Gasteiger partial charge in [-0.3, -0.25) is 9.52 Å². The second-order valence-corrected chi connectivity index (χ2v) is 15.6. The Kier molecular flexibility index (Phi) is 12.9. The average molecular weight is 740 g/mol. The number of aliphatic hydroxyl groups is 1. The first-order valence-electron chi connectivity index (χ1n) is 17.8. The van der Waals surface area contributed by atoms with Gasteiger partial charge >= 0.3 is 6.09 Å². The molecule has 0 unspecified atom stereocenters. The Balaban J connectivity index is 1.13. The molecule has 0 radical (unpaired) electrons. The van der Waals surface area contributed by atoms with Gasteiger partial charge < -0.3 is 30.4 Å². The smallest absolute Gasteiger partial charge is 0.408 e. The minimum Gasteiger partial charge on any atom is -0.445 e. The summed E-state index contributed by atoms with van der Waals surface area (Å²) in [6.07, 6.45) is 1.95. The Labute approximate surface area is 311 Å². The van der Waals surface area contributed by atoms with Gasteiger partial charge in [0.1, 0.15) is 12.6 Å². The number of β-amino-alcohol motifs (C(OH)–C–C–N with tert-alkyl or cyclic N) is 1. The van der Waals surface area contributed by atoms with Crippen LogP contribution in [-0.4, -0.2) is 48.2 Å². The molecule has 0 spiro atoms. The van der Waals surface area contributed by atoms with Crippen molar-refractivity contribution in [3.63, 3.8) is 0 Å². The molecule has 5 rings (SSSR count). The molecule has 5 N–H and O–H groups in total. The van der Waals surface area contributed by atoms with Gasteiger partial charge in [0, 0.05) is 47.1 Å². The molecule has 0 fully saturated rings. The Hall–Kier alpha value is -5.17. The quantitative estimate of drug-likeness (QED) is 0.0676. The van der Waals surface area contributed by atoms with Gasteiger partial charge in [0.15, 0.2) is 0 Å². The molecular weight excluding hydrogens is 691 g/mol. The van der Waals surface area contributed by atoms with Gasteiger partial charge in [-0.15, -0.1) is 0 Å². The maximum atomic E-state index is 13.4. The Morgan fingerprint density at radius 3 is 2.32 bits per heavy atom. The lowest BCUT2D eigenvalue weighted by molar-refractivity contribution is -0.119. The molecule has 5 aromatic rings. The molecule has 3 atom stereocenters. The molecule has 0 saturated carbocycles. The predicted octanol–water partition coefficient (Wildman–Crippen LogP) is 7.21. The highest BCUT2D eigenvalue weighted by Crippen LogP contribution is 2.25. The number of rotatable bonds is 17. The molecule has 0 aliphatic heterocycles. The molecule has 0 saturated heterocycles. The third kappa shape index (κ3) is 10.9. The van der Waals surface area contributed by atoms with E-state index in [1.807, 2.05) is 74.6 Å². The summed E-state index contributed by atoms with van der Waals surface area (Å²) in [6, 6.07) is 31.3. The van der Waals surface area contributed by atoms with Crippen LogP contribution in [-0.2, 0) is 32.7 Å². The Bertz CT molecular complexity index is 2090. The van der Waals surface area contributed by atoms with Gasteiger partial charge in [0.2, 0.25) is 5.91 Å². The normalized spacial score (nSPS) is 13.5. The molecule has 12 heteroatoms. The molecule has 1 heterocycles. The molecule has 1 aromatic heterocycles. The van der Waals surface area contributed by atoms with Crippen LogP contribution in [0.3, 0.4) is 0 Å². The van der Waals surface area contributed by atoms with Gasteiger partial charge in [-0.1, -0.05) is 80.9 Å². The van der Waals surface area contributed by atoms with E-state index in [2.05, 4.69) is 39.1 Å². The van der Waals surface area contributed by atoms with Crippen LogP contribution in [0, 0.1) is 5.92 Å². The fourth-order valence-corrected chi connectivity index (χ4v) is 6.96. The van der Waals surface area contributed by atoms with Crippen LogP contribution >= 0.6 is 0 Å². The van der Waals surface area contributed by atoms with E-state index in [1.54, 1.807) is 42.5 Å². The van der Waals surface area contributed by atoms with Crippen molar-refractivity contribution in [2.45, 2.75) is 76.3 Å². The number of benzene rings is 4. The van der Waals surface area contributed by atoms with E-state index in [0.717, 1.165) is 22.9 Å².